The van der Waals surface area contributed by atoms with Crippen LogP contribution in [0, 0.1) is 17.0 Å². The second-order valence-corrected chi connectivity index (χ2v) is 4.58. The number of para-hydroxylation sites is 1. The van der Waals surface area contributed by atoms with E-state index in [4.69, 9.17) is 4.74 Å². The van der Waals surface area contributed by atoms with Gasteiger partial charge in [0.05, 0.1) is 18.1 Å². The minimum atomic E-state index is -0.421. The van der Waals surface area contributed by atoms with Gasteiger partial charge in [0.1, 0.15) is 5.69 Å². The van der Waals surface area contributed by atoms with Crippen molar-refractivity contribution in [1.82, 2.24) is 4.57 Å². The molecule has 110 valence electrons. The molecule has 0 bridgehead atoms. The molecule has 0 N–H and O–H groups in total. The second kappa shape index (κ2) is 6.21. The van der Waals surface area contributed by atoms with Gasteiger partial charge in [-0.05, 0) is 25.5 Å². The Morgan fingerprint density at radius 2 is 2.05 bits per heavy atom. The number of aromatic nitrogens is 1. The van der Waals surface area contributed by atoms with Crippen molar-refractivity contribution < 1.29 is 14.5 Å². The third kappa shape index (κ3) is 3.10. The van der Waals surface area contributed by atoms with E-state index in [2.05, 4.69) is 0 Å². The molecule has 0 saturated carbocycles. The maximum Gasteiger partial charge on any atom is 0.355 e. The lowest BCUT2D eigenvalue weighted by molar-refractivity contribution is -0.385. The van der Waals surface area contributed by atoms with Crippen molar-refractivity contribution in [1.29, 1.82) is 0 Å². The number of carbonyl (C=O) groups excluding carboxylic acids is 1. The van der Waals surface area contributed by atoms with E-state index >= 15 is 0 Å². The molecule has 0 amide bonds. The maximum atomic E-state index is 12.0. The summed E-state index contributed by atoms with van der Waals surface area (Å²) in [5.41, 5.74) is 1.80. The number of nitrogens with zero attached hydrogens (tertiary/aromatic N) is 2. The van der Waals surface area contributed by atoms with Crippen molar-refractivity contribution in [3.8, 4) is 0 Å². The van der Waals surface area contributed by atoms with Gasteiger partial charge in [-0.2, -0.15) is 0 Å². The number of esters is 1. The molecular formula is C15H16N2O4. The zero-order valence-electron chi connectivity index (χ0n) is 11.9. The SMILES string of the molecule is CCOC(=O)c1c(C)ccn1Cc1ccccc1[N+](=O)[O-]. The van der Waals surface area contributed by atoms with Gasteiger partial charge in [0.25, 0.3) is 5.69 Å². The molecule has 6 heteroatoms. The smallest absolute Gasteiger partial charge is 0.355 e. The first-order chi connectivity index (χ1) is 10.0. The lowest BCUT2D eigenvalue weighted by atomic mass is 10.1. The second-order valence-electron chi connectivity index (χ2n) is 4.58. The van der Waals surface area contributed by atoms with Gasteiger partial charge < -0.3 is 9.30 Å². The first-order valence-corrected chi connectivity index (χ1v) is 6.59. The topological polar surface area (TPSA) is 74.4 Å². The first-order valence-electron chi connectivity index (χ1n) is 6.59. The van der Waals surface area contributed by atoms with Crippen LogP contribution >= 0.6 is 0 Å². The van der Waals surface area contributed by atoms with E-state index < -0.39 is 10.9 Å². The molecule has 0 spiro atoms. The number of ether oxygens (including phenoxy) is 1. The molecule has 0 unspecified atom stereocenters. The van der Waals surface area contributed by atoms with Crippen LogP contribution in [0.1, 0.15) is 28.5 Å². The van der Waals surface area contributed by atoms with Crippen molar-refractivity contribution in [2.24, 2.45) is 0 Å². The van der Waals surface area contributed by atoms with Crippen molar-refractivity contribution >= 4 is 11.7 Å². The molecule has 0 aliphatic carbocycles. The Bertz CT molecular complexity index is 676. The lowest BCUT2D eigenvalue weighted by Crippen LogP contribution is -2.14. The van der Waals surface area contributed by atoms with Crippen LogP contribution in [0.4, 0.5) is 5.69 Å². The molecule has 6 nitrogen and oxygen atoms in total. The predicted molar refractivity (Wildman–Crippen MR) is 77.3 cm³/mol. The number of aryl methyl sites for hydroxylation is 1. The van der Waals surface area contributed by atoms with Crippen LogP contribution in [0.2, 0.25) is 0 Å². The van der Waals surface area contributed by atoms with Crippen LogP contribution in [-0.2, 0) is 11.3 Å². The van der Waals surface area contributed by atoms with Gasteiger partial charge in [-0.3, -0.25) is 10.1 Å². The first kappa shape index (κ1) is 14.8. The summed E-state index contributed by atoms with van der Waals surface area (Å²) < 4.78 is 6.71. The monoisotopic (exact) mass is 288 g/mol. The van der Waals surface area contributed by atoms with Gasteiger partial charge in [0.2, 0.25) is 0 Å². The average Bonchev–Trinajstić information content (AvgIpc) is 2.80. The molecule has 1 aromatic heterocycles. The summed E-state index contributed by atoms with van der Waals surface area (Å²) in [5.74, 6) is -0.418. The molecule has 0 aliphatic heterocycles. The minimum absolute atomic E-state index is 0.0404. The van der Waals surface area contributed by atoms with Gasteiger partial charge in [0.15, 0.2) is 0 Å². The summed E-state index contributed by atoms with van der Waals surface area (Å²) in [6.07, 6.45) is 1.73. The summed E-state index contributed by atoms with van der Waals surface area (Å²) in [6.45, 7) is 4.08. The van der Waals surface area contributed by atoms with Crippen LogP contribution in [0.25, 0.3) is 0 Å². The van der Waals surface area contributed by atoms with E-state index in [9.17, 15) is 14.9 Å². The van der Waals surface area contributed by atoms with E-state index in [1.165, 1.54) is 6.07 Å². The molecule has 21 heavy (non-hydrogen) atoms. The average molecular weight is 288 g/mol. The molecule has 2 rings (SSSR count). The molecule has 0 radical (unpaired) electrons. The molecule has 2 aromatic rings. The van der Waals surface area contributed by atoms with Gasteiger partial charge in [0, 0.05) is 17.8 Å². The minimum Gasteiger partial charge on any atom is -0.461 e. The highest BCUT2D eigenvalue weighted by Crippen LogP contribution is 2.21. The summed E-state index contributed by atoms with van der Waals surface area (Å²) in [7, 11) is 0. The van der Waals surface area contributed by atoms with Crippen LogP contribution in [0.3, 0.4) is 0 Å². The third-order valence-electron chi connectivity index (χ3n) is 3.16. The quantitative estimate of drug-likeness (QED) is 0.481. The molecular weight excluding hydrogens is 272 g/mol. The van der Waals surface area contributed by atoms with Gasteiger partial charge in [-0.1, -0.05) is 18.2 Å². The largest absolute Gasteiger partial charge is 0.461 e. The van der Waals surface area contributed by atoms with Crippen molar-refractivity contribution in [3.63, 3.8) is 0 Å². The van der Waals surface area contributed by atoms with Gasteiger partial charge >= 0.3 is 5.97 Å². The Hall–Kier alpha value is -2.63. The Morgan fingerprint density at radius 3 is 2.71 bits per heavy atom. The van der Waals surface area contributed by atoms with Crippen molar-refractivity contribution in [3.05, 3.63) is 63.5 Å². The molecule has 0 aliphatic rings. The fourth-order valence-corrected chi connectivity index (χ4v) is 2.20. The number of carbonyl (C=O) groups is 1. The third-order valence-corrected chi connectivity index (χ3v) is 3.16. The Balaban J connectivity index is 2.37. The highest BCUT2D eigenvalue weighted by Gasteiger charge is 2.19. The fourth-order valence-electron chi connectivity index (χ4n) is 2.20. The Labute approximate surface area is 122 Å². The van der Waals surface area contributed by atoms with Gasteiger partial charge in [-0.25, -0.2) is 4.79 Å². The van der Waals surface area contributed by atoms with E-state index in [0.29, 0.717) is 11.3 Å². The van der Waals surface area contributed by atoms with E-state index in [1.807, 2.05) is 6.92 Å². The zero-order valence-corrected chi connectivity index (χ0v) is 11.9. The number of hydrogen-bond donors (Lipinski definition) is 0. The van der Waals surface area contributed by atoms with Crippen LogP contribution in [0.15, 0.2) is 36.5 Å². The predicted octanol–water partition coefficient (Wildman–Crippen LogP) is 2.93. The Morgan fingerprint density at radius 1 is 1.33 bits per heavy atom. The van der Waals surface area contributed by atoms with Crippen LogP contribution < -0.4 is 0 Å². The standard InChI is InChI=1S/C15H16N2O4/c1-3-21-15(18)14-11(2)8-9-16(14)10-12-6-4-5-7-13(12)17(19)20/h4-9H,3,10H2,1-2H3. The zero-order chi connectivity index (χ0) is 15.4. The number of rotatable bonds is 5. The van der Waals surface area contributed by atoms with Crippen LogP contribution in [0.5, 0.6) is 0 Å². The molecule has 1 heterocycles. The van der Waals surface area contributed by atoms with E-state index in [-0.39, 0.29) is 18.8 Å². The molecule has 0 atom stereocenters. The van der Waals surface area contributed by atoms with Crippen molar-refractivity contribution in [2.45, 2.75) is 20.4 Å². The summed E-state index contributed by atoms with van der Waals surface area (Å²) in [4.78, 5) is 22.6. The summed E-state index contributed by atoms with van der Waals surface area (Å²) >= 11 is 0. The normalized spacial score (nSPS) is 10.4. The van der Waals surface area contributed by atoms with Crippen LogP contribution in [-0.4, -0.2) is 22.1 Å². The Kier molecular flexibility index (Phi) is 4.37. The molecule has 0 saturated heterocycles. The molecule has 1 aromatic carbocycles. The van der Waals surface area contributed by atoms with Crippen molar-refractivity contribution in [2.75, 3.05) is 6.61 Å². The number of nitro benzene ring substituents is 1. The molecule has 0 fully saturated rings. The van der Waals surface area contributed by atoms with E-state index in [0.717, 1.165) is 5.56 Å². The number of benzene rings is 1. The highest BCUT2D eigenvalue weighted by molar-refractivity contribution is 5.89. The lowest BCUT2D eigenvalue weighted by Gasteiger charge is -2.10. The van der Waals surface area contributed by atoms with Gasteiger partial charge in [-0.15, -0.1) is 0 Å². The highest BCUT2D eigenvalue weighted by atomic mass is 16.6. The number of hydrogen-bond acceptors (Lipinski definition) is 4. The fraction of sp³-hybridized carbons (Fsp3) is 0.267. The number of nitro groups is 1. The van der Waals surface area contributed by atoms with E-state index in [1.54, 1.807) is 42.0 Å². The summed E-state index contributed by atoms with van der Waals surface area (Å²) in [5, 5.41) is 11.0. The maximum absolute atomic E-state index is 12.0. The summed E-state index contributed by atoms with van der Waals surface area (Å²) in [6, 6.07) is 8.29.